The van der Waals surface area contributed by atoms with Crippen LogP contribution in [-0.4, -0.2) is 25.8 Å². The second kappa shape index (κ2) is 5.11. The van der Waals surface area contributed by atoms with Gasteiger partial charge in [-0.15, -0.1) is 0 Å². The summed E-state index contributed by atoms with van der Waals surface area (Å²) in [6.07, 6.45) is 1.52. The molecule has 3 N–H and O–H groups in total. The van der Waals surface area contributed by atoms with Crippen LogP contribution >= 0.6 is 0 Å². The molecule has 0 fully saturated rings. The molecule has 20 heavy (non-hydrogen) atoms. The van der Waals surface area contributed by atoms with E-state index in [4.69, 9.17) is 5.73 Å². The molecule has 0 amide bonds. The Morgan fingerprint density at radius 1 is 1.25 bits per heavy atom. The van der Waals surface area contributed by atoms with Gasteiger partial charge in [0.1, 0.15) is 18.0 Å². The summed E-state index contributed by atoms with van der Waals surface area (Å²) in [4.78, 5) is 8.47. The molecule has 6 heteroatoms. The van der Waals surface area contributed by atoms with Crippen molar-refractivity contribution in [1.82, 2.24) is 19.7 Å². The summed E-state index contributed by atoms with van der Waals surface area (Å²) in [6.45, 7) is 10.6. The van der Waals surface area contributed by atoms with E-state index < -0.39 is 0 Å². The van der Waals surface area contributed by atoms with E-state index in [-0.39, 0.29) is 11.5 Å². The molecule has 0 radical (unpaired) electrons. The lowest BCUT2D eigenvalue weighted by molar-refractivity contribution is 0.358. The maximum absolute atomic E-state index is 5.91. The number of nitrogens with zero attached hydrogens (tertiary/aromatic N) is 4. The quantitative estimate of drug-likeness (QED) is 0.898. The van der Waals surface area contributed by atoms with Gasteiger partial charge in [-0.1, -0.05) is 20.8 Å². The van der Waals surface area contributed by atoms with E-state index in [2.05, 4.69) is 48.1 Å². The Morgan fingerprint density at radius 3 is 2.50 bits per heavy atom. The van der Waals surface area contributed by atoms with Crippen molar-refractivity contribution >= 4 is 11.6 Å². The fourth-order valence-corrected chi connectivity index (χ4v) is 1.68. The topological polar surface area (TPSA) is 81.6 Å². The second-order valence-electron chi connectivity index (χ2n) is 6.12. The fourth-order valence-electron chi connectivity index (χ4n) is 1.68. The highest BCUT2D eigenvalue weighted by Gasteiger charge is 2.20. The average molecular weight is 274 g/mol. The van der Waals surface area contributed by atoms with Gasteiger partial charge in [-0.25, -0.2) is 9.97 Å². The molecule has 0 saturated heterocycles. The molecular weight excluding hydrogens is 252 g/mol. The Labute approximate surface area is 119 Å². The molecule has 2 aromatic rings. The summed E-state index contributed by atoms with van der Waals surface area (Å²) in [5.74, 6) is 2.00. The third-order valence-corrected chi connectivity index (χ3v) is 3.39. The Morgan fingerprint density at radius 2 is 1.95 bits per heavy atom. The van der Waals surface area contributed by atoms with Gasteiger partial charge in [0.25, 0.3) is 0 Å². The smallest absolute Gasteiger partial charge is 0.161 e. The van der Waals surface area contributed by atoms with E-state index >= 15 is 0 Å². The number of rotatable bonds is 3. The first-order valence-electron chi connectivity index (χ1n) is 6.68. The minimum atomic E-state index is 0.145. The standard InChI is InChI=1S/C14H22N6/c1-9-6-11(15)20(19-9)13-7-12(16-8-17-13)18-10(2)14(3,4)5/h6-8,10H,15H2,1-5H3,(H,16,17,18). The zero-order valence-electron chi connectivity index (χ0n) is 12.7. The number of nitrogens with one attached hydrogen (secondary N) is 1. The van der Waals surface area contributed by atoms with E-state index in [9.17, 15) is 0 Å². The highest BCUT2D eigenvalue weighted by Crippen LogP contribution is 2.22. The van der Waals surface area contributed by atoms with Crippen LogP contribution in [0.3, 0.4) is 0 Å². The van der Waals surface area contributed by atoms with Crippen LogP contribution in [0.4, 0.5) is 11.6 Å². The molecule has 0 aliphatic carbocycles. The Kier molecular flexibility index (Phi) is 3.65. The lowest BCUT2D eigenvalue weighted by Gasteiger charge is -2.28. The summed E-state index contributed by atoms with van der Waals surface area (Å²) in [5, 5.41) is 7.71. The minimum absolute atomic E-state index is 0.145. The predicted molar refractivity (Wildman–Crippen MR) is 80.8 cm³/mol. The van der Waals surface area contributed by atoms with Gasteiger partial charge in [0.05, 0.1) is 5.69 Å². The summed E-state index contributed by atoms with van der Waals surface area (Å²) in [5.41, 5.74) is 6.92. The number of nitrogens with two attached hydrogens (primary N) is 1. The van der Waals surface area contributed by atoms with Gasteiger partial charge >= 0.3 is 0 Å². The lowest BCUT2D eigenvalue weighted by atomic mass is 9.88. The van der Waals surface area contributed by atoms with Gasteiger partial charge in [0, 0.05) is 18.2 Å². The van der Waals surface area contributed by atoms with Crippen LogP contribution in [0.15, 0.2) is 18.5 Å². The van der Waals surface area contributed by atoms with Crippen molar-refractivity contribution in [2.45, 2.75) is 40.7 Å². The number of aryl methyl sites for hydroxylation is 1. The lowest BCUT2D eigenvalue weighted by Crippen LogP contribution is -2.31. The van der Waals surface area contributed by atoms with Gasteiger partial charge in [-0.3, -0.25) is 0 Å². The Hall–Kier alpha value is -2.11. The molecule has 1 unspecified atom stereocenters. The predicted octanol–water partition coefficient (Wildman–Crippen LogP) is 2.40. The van der Waals surface area contributed by atoms with Crippen molar-refractivity contribution in [3.05, 3.63) is 24.2 Å². The van der Waals surface area contributed by atoms with Crippen molar-refractivity contribution in [3.63, 3.8) is 0 Å². The molecule has 6 nitrogen and oxygen atoms in total. The van der Waals surface area contributed by atoms with Crippen molar-refractivity contribution in [3.8, 4) is 5.82 Å². The zero-order chi connectivity index (χ0) is 14.9. The third-order valence-electron chi connectivity index (χ3n) is 3.39. The number of hydrogen-bond acceptors (Lipinski definition) is 5. The maximum atomic E-state index is 5.91. The molecule has 1 atom stereocenters. The molecule has 0 saturated carbocycles. The SMILES string of the molecule is Cc1cc(N)n(-c2cc(NC(C)C(C)(C)C)ncn2)n1. The van der Waals surface area contributed by atoms with Gasteiger partial charge in [0.15, 0.2) is 5.82 Å². The van der Waals surface area contributed by atoms with Gasteiger partial charge in [-0.2, -0.15) is 9.78 Å². The summed E-state index contributed by atoms with van der Waals surface area (Å²) >= 11 is 0. The summed E-state index contributed by atoms with van der Waals surface area (Å²) < 4.78 is 1.62. The van der Waals surface area contributed by atoms with Crippen molar-refractivity contribution in [2.75, 3.05) is 11.1 Å². The molecule has 0 aromatic carbocycles. The minimum Gasteiger partial charge on any atom is -0.384 e. The maximum Gasteiger partial charge on any atom is 0.161 e. The number of aromatic nitrogens is 4. The zero-order valence-corrected chi connectivity index (χ0v) is 12.7. The average Bonchev–Trinajstić information content (AvgIpc) is 2.67. The summed E-state index contributed by atoms with van der Waals surface area (Å²) in [7, 11) is 0. The van der Waals surface area contributed by atoms with Gasteiger partial charge < -0.3 is 11.1 Å². The normalized spacial score (nSPS) is 13.2. The molecule has 0 spiro atoms. The van der Waals surface area contributed by atoms with Crippen LogP contribution in [0.1, 0.15) is 33.4 Å². The summed E-state index contributed by atoms with van der Waals surface area (Å²) in [6, 6.07) is 3.94. The molecule has 2 rings (SSSR count). The number of hydrogen-bond donors (Lipinski definition) is 2. The van der Waals surface area contributed by atoms with Crippen LogP contribution in [-0.2, 0) is 0 Å². The Bertz CT molecular complexity index is 596. The van der Waals surface area contributed by atoms with Crippen LogP contribution in [0.25, 0.3) is 5.82 Å². The highest BCUT2D eigenvalue weighted by molar-refractivity contribution is 5.45. The van der Waals surface area contributed by atoms with Crippen molar-refractivity contribution in [1.29, 1.82) is 0 Å². The first kappa shape index (κ1) is 14.3. The first-order valence-corrected chi connectivity index (χ1v) is 6.68. The highest BCUT2D eigenvalue weighted by atomic mass is 15.3. The number of anilines is 2. The Balaban J connectivity index is 2.27. The van der Waals surface area contributed by atoms with E-state index in [0.717, 1.165) is 11.5 Å². The monoisotopic (exact) mass is 274 g/mol. The van der Waals surface area contributed by atoms with E-state index in [0.29, 0.717) is 11.6 Å². The van der Waals surface area contributed by atoms with E-state index in [1.54, 1.807) is 4.68 Å². The van der Waals surface area contributed by atoms with Crippen molar-refractivity contribution < 1.29 is 0 Å². The van der Waals surface area contributed by atoms with E-state index in [1.807, 2.05) is 19.1 Å². The van der Waals surface area contributed by atoms with Crippen LogP contribution in [0.2, 0.25) is 0 Å². The number of nitrogen functional groups attached to an aromatic ring is 1. The van der Waals surface area contributed by atoms with Crippen LogP contribution < -0.4 is 11.1 Å². The molecule has 2 aromatic heterocycles. The van der Waals surface area contributed by atoms with Crippen LogP contribution in [0.5, 0.6) is 0 Å². The first-order chi connectivity index (χ1) is 9.27. The molecule has 0 bridgehead atoms. The van der Waals surface area contributed by atoms with Crippen molar-refractivity contribution in [2.24, 2.45) is 5.41 Å². The fraction of sp³-hybridized carbons (Fsp3) is 0.500. The van der Waals surface area contributed by atoms with Gasteiger partial charge in [0.2, 0.25) is 0 Å². The molecular formula is C14H22N6. The molecule has 0 aliphatic rings. The molecule has 0 aliphatic heterocycles. The third kappa shape index (κ3) is 3.07. The molecule has 2 heterocycles. The second-order valence-corrected chi connectivity index (χ2v) is 6.12. The van der Waals surface area contributed by atoms with Crippen LogP contribution in [0, 0.1) is 12.3 Å². The van der Waals surface area contributed by atoms with E-state index in [1.165, 1.54) is 6.33 Å². The largest absolute Gasteiger partial charge is 0.384 e. The van der Waals surface area contributed by atoms with Gasteiger partial charge in [-0.05, 0) is 19.3 Å². The molecule has 108 valence electrons.